The highest BCUT2D eigenvalue weighted by atomic mass is 19.1. The van der Waals surface area contributed by atoms with Gasteiger partial charge < -0.3 is 26.8 Å². The van der Waals surface area contributed by atoms with Crippen molar-refractivity contribution < 1.29 is 13.9 Å². The van der Waals surface area contributed by atoms with Crippen LogP contribution in [0.5, 0.6) is 5.88 Å². The molecule has 3 aromatic rings. The predicted octanol–water partition coefficient (Wildman–Crippen LogP) is 4.08. The highest BCUT2D eigenvalue weighted by molar-refractivity contribution is 5.99. The van der Waals surface area contributed by atoms with E-state index in [0.29, 0.717) is 11.6 Å². The Balaban J connectivity index is 1.66. The molecule has 2 heterocycles. The van der Waals surface area contributed by atoms with Gasteiger partial charge >= 0.3 is 0 Å². The summed E-state index contributed by atoms with van der Waals surface area (Å²) < 4.78 is 20.5. The predicted molar refractivity (Wildman–Crippen MR) is 127 cm³/mol. The number of carbonyl (C=O) groups is 1. The van der Waals surface area contributed by atoms with Crippen molar-refractivity contribution in [1.29, 1.82) is 0 Å². The number of nitrogens with zero attached hydrogens (tertiary/aromatic N) is 2. The van der Waals surface area contributed by atoms with Gasteiger partial charge in [0.15, 0.2) is 11.6 Å². The number of halogens is 1. The molecule has 0 unspecified atom stereocenters. The fourth-order valence-electron chi connectivity index (χ4n) is 4.07. The SMILES string of the molecule is CC(C)Oc1nccc2cc(Nc3nc(N[C@@H]4CCCC[C@@H]4N)c(F)cc3C(N)=O)ccc12. The van der Waals surface area contributed by atoms with E-state index in [0.717, 1.165) is 42.5 Å². The molecule has 33 heavy (non-hydrogen) atoms. The Morgan fingerprint density at radius 2 is 1.97 bits per heavy atom. The van der Waals surface area contributed by atoms with E-state index in [2.05, 4.69) is 20.6 Å². The number of fused-ring (bicyclic) bond motifs is 1. The number of rotatable bonds is 7. The van der Waals surface area contributed by atoms with Gasteiger partial charge in [-0.2, -0.15) is 0 Å². The third kappa shape index (κ3) is 5.14. The van der Waals surface area contributed by atoms with Crippen molar-refractivity contribution in [2.45, 2.75) is 57.7 Å². The maximum Gasteiger partial charge on any atom is 0.252 e. The van der Waals surface area contributed by atoms with E-state index in [1.54, 1.807) is 6.20 Å². The first-order chi connectivity index (χ1) is 15.8. The van der Waals surface area contributed by atoms with Gasteiger partial charge in [-0.25, -0.2) is 14.4 Å². The molecular weight excluding hydrogens is 423 g/mol. The average molecular weight is 453 g/mol. The minimum atomic E-state index is -0.776. The minimum absolute atomic E-state index is 0.00866. The Morgan fingerprint density at radius 3 is 2.70 bits per heavy atom. The molecule has 0 radical (unpaired) electrons. The Labute approximate surface area is 191 Å². The molecule has 4 rings (SSSR count). The standard InChI is InChI=1S/C24H29FN6O2/c1-13(2)33-24-16-8-7-15(11-14(16)9-10-28-24)29-22-17(21(27)32)12-18(25)23(31-22)30-20-6-4-3-5-19(20)26/h7-13,19-20H,3-6,26H2,1-2H3,(H2,27,32)(H2,29,30,31)/t19-,20+/m0/s1. The van der Waals surface area contributed by atoms with E-state index in [9.17, 15) is 9.18 Å². The topological polar surface area (TPSA) is 128 Å². The monoisotopic (exact) mass is 452 g/mol. The number of nitrogens with one attached hydrogen (secondary N) is 2. The summed E-state index contributed by atoms with van der Waals surface area (Å²) in [6.45, 7) is 3.88. The molecule has 2 atom stereocenters. The number of amides is 1. The van der Waals surface area contributed by atoms with Crippen LogP contribution >= 0.6 is 0 Å². The van der Waals surface area contributed by atoms with Gasteiger partial charge in [0.25, 0.3) is 5.91 Å². The second-order valence-corrected chi connectivity index (χ2v) is 8.62. The van der Waals surface area contributed by atoms with E-state index in [1.807, 2.05) is 38.1 Å². The van der Waals surface area contributed by atoms with Crippen LogP contribution in [0.25, 0.3) is 10.8 Å². The molecule has 0 spiro atoms. The lowest BCUT2D eigenvalue weighted by molar-refractivity contribution is 0.100. The molecule has 1 aliphatic carbocycles. The lowest BCUT2D eigenvalue weighted by Gasteiger charge is -2.30. The lowest BCUT2D eigenvalue weighted by Crippen LogP contribution is -2.43. The molecule has 1 amide bonds. The van der Waals surface area contributed by atoms with E-state index < -0.39 is 11.7 Å². The number of benzene rings is 1. The van der Waals surface area contributed by atoms with Crippen LogP contribution in [0.4, 0.5) is 21.7 Å². The lowest BCUT2D eigenvalue weighted by atomic mass is 9.91. The van der Waals surface area contributed by atoms with Crippen LogP contribution in [0.3, 0.4) is 0 Å². The van der Waals surface area contributed by atoms with Gasteiger partial charge in [-0.3, -0.25) is 4.79 Å². The molecule has 6 N–H and O–H groups in total. The van der Waals surface area contributed by atoms with Gasteiger partial charge in [0.2, 0.25) is 5.88 Å². The summed E-state index contributed by atoms with van der Waals surface area (Å²) in [6.07, 6.45) is 5.45. The van der Waals surface area contributed by atoms with Crippen molar-refractivity contribution in [2.24, 2.45) is 11.5 Å². The summed E-state index contributed by atoms with van der Waals surface area (Å²) in [7, 11) is 0. The number of hydrogen-bond donors (Lipinski definition) is 4. The van der Waals surface area contributed by atoms with Crippen LogP contribution < -0.4 is 26.8 Å². The van der Waals surface area contributed by atoms with Crippen molar-refractivity contribution >= 4 is 34.0 Å². The first-order valence-electron chi connectivity index (χ1n) is 11.2. The summed E-state index contributed by atoms with van der Waals surface area (Å²) in [5.41, 5.74) is 12.3. The number of anilines is 3. The zero-order valence-corrected chi connectivity index (χ0v) is 18.8. The molecule has 8 nitrogen and oxygen atoms in total. The Hall–Kier alpha value is -3.46. The second kappa shape index (κ2) is 9.58. The normalized spacial score (nSPS) is 18.3. The summed E-state index contributed by atoms with van der Waals surface area (Å²) in [5, 5.41) is 7.97. The Bertz CT molecular complexity index is 1170. The molecule has 1 fully saturated rings. The molecule has 0 bridgehead atoms. The van der Waals surface area contributed by atoms with Gasteiger partial charge in [-0.15, -0.1) is 0 Å². The Kier molecular flexibility index (Phi) is 6.60. The quantitative estimate of drug-likeness (QED) is 0.425. The molecule has 2 aromatic heterocycles. The first kappa shape index (κ1) is 22.7. The smallest absolute Gasteiger partial charge is 0.252 e. The number of pyridine rings is 2. The first-order valence-corrected chi connectivity index (χ1v) is 11.2. The van der Waals surface area contributed by atoms with E-state index in [1.165, 1.54) is 0 Å². The van der Waals surface area contributed by atoms with Crippen molar-refractivity contribution in [3.8, 4) is 5.88 Å². The summed E-state index contributed by atoms with van der Waals surface area (Å²) in [4.78, 5) is 20.7. The van der Waals surface area contributed by atoms with Crippen LogP contribution in [0.15, 0.2) is 36.5 Å². The molecule has 0 saturated heterocycles. The Morgan fingerprint density at radius 1 is 1.18 bits per heavy atom. The fraction of sp³-hybridized carbons (Fsp3) is 0.375. The van der Waals surface area contributed by atoms with Gasteiger partial charge in [0.1, 0.15) is 5.82 Å². The molecular formula is C24H29FN6O2. The number of nitrogens with two attached hydrogens (primary N) is 2. The highest BCUT2D eigenvalue weighted by Gasteiger charge is 2.24. The number of ether oxygens (including phenoxy) is 1. The third-order valence-electron chi connectivity index (χ3n) is 5.72. The molecule has 1 saturated carbocycles. The number of hydrogen-bond acceptors (Lipinski definition) is 7. The fourth-order valence-corrected chi connectivity index (χ4v) is 4.07. The third-order valence-corrected chi connectivity index (χ3v) is 5.72. The molecule has 1 aliphatic rings. The zero-order valence-electron chi connectivity index (χ0n) is 18.8. The summed E-state index contributed by atoms with van der Waals surface area (Å²) >= 11 is 0. The van der Waals surface area contributed by atoms with Gasteiger partial charge in [-0.1, -0.05) is 12.8 Å². The van der Waals surface area contributed by atoms with E-state index >= 15 is 0 Å². The number of primary amides is 1. The van der Waals surface area contributed by atoms with Crippen molar-refractivity contribution in [2.75, 3.05) is 10.6 Å². The van der Waals surface area contributed by atoms with E-state index in [-0.39, 0.29) is 35.4 Å². The van der Waals surface area contributed by atoms with Crippen LogP contribution in [0.2, 0.25) is 0 Å². The van der Waals surface area contributed by atoms with Crippen LogP contribution in [0, 0.1) is 5.82 Å². The van der Waals surface area contributed by atoms with Gasteiger partial charge in [0.05, 0.1) is 11.7 Å². The molecule has 174 valence electrons. The van der Waals surface area contributed by atoms with Crippen molar-refractivity contribution in [3.05, 3.63) is 47.9 Å². The number of aromatic nitrogens is 2. The molecule has 9 heteroatoms. The number of carbonyl (C=O) groups excluding carboxylic acids is 1. The zero-order chi connectivity index (χ0) is 23.5. The van der Waals surface area contributed by atoms with Crippen LogP contribution in [0.1, 0.15) is 49.9 Å². The minimum Gasteiger partial charge on any atom is -0.475 e. The maximum absolute atomic E-state index is 14.7. The maximum atomic E-state index is 14.7. The van der Waals surface area contributed by atoms with Crippen molar-refractivity contribution in [3.63, 3.8) is 0 Å². The van der Waals surface area contributed by atoms with E-state index in [4.69, 9.17) is 16.2 Å². The van der Waals surface area contributed by atoms with Gasteiger partial charge in [0, 0.05) is 29.4 Å². The average Bonchev–Trinajstić information content (AvgIpc) is 2.77. The van der Waals surface area contributed by atoms with Crippen molar-refractivity contribution in [1.82, 2.24) is 9.97 Å². The van der Waals surface area contributed by atoms with Gasteiger partial charge in [-0.05, 0) is 62.4 Å². The second-order valence-electron chi connectivity index (χ2n) is 8.62. The summed E-state index contributed by atoms with van der Waals surface area (Å²) in [6, 6.07) is 8.37. The highest BCUT2D eigenvalue weighted by Crippen LogP contribution is 2.30. The molecule has 1 aromatic carbocycles. The summed E-state index contributed by atoms with van der Waals surface area (Å²) in [5.74, 6) is -0.665. The molecule has 0 aliphatic heterocycles. The largest absolute Gasteiger partial charge is 0.475 e. The van der Waals surface area contributed by atoms with Crippen LogP contribution in [-0.4, -0.2) is 34.1 Å². The van der Waals surface area contributed by atoms with Crippen LogP contribution in [-0.2, 0) is 0 Å².